The van der Waals surface area contributed by atoms with Crippen LogP contribution in [0.25, 0.3) is 0 Å². The molecule has 0 spiro atoms. The molecule has 0 radical (unpaired) electrons. The largest absolute Gasteiger partial charge is 0.388 e. The first-order chi connectivity index (χ1) is 8.16. The first kappa shape index (κ1) is 14.2. The second-order valence-corrected chi connectivity index (χ2v) is 4.20. The van der Waals surface area contributed by atoms with Gasteiger partial charge in [0.1, 0.15) is 0 Å². The summed E-state index contributed by atoms with van der Waals surface area (Å²) in [5.74, 6) is 0. The number of aryl methyl sites for hydroxylation is 1. The van der Waals surface area contributed by atoms with Crippen molar-refractivity contribution < 1.29 is 14.6 Å². The fraction of sp³-hybridized carbons (Fsp3) is 0.571. The van der Waals surface area contributed by atoms with Crippen LogP contribution in [0.1, 0.15) is 29.2 Å². The number of aliphatic hydroxyl groups is 1. The zero-order chi connectivity index (χ0) is 12.7. The van der Waals surface area contributed by atoms with E-state index in [1.54, 1.807) is 7.11 Å². The van der Waals surface area contributed by atoms with E-state index in [-0.39, 0.29) is 0 Å². The maximum Gasteiger partial charge on any atom is 0.0814 e. The van der Waals surface area contributed by atoms with E-state index in [1.807, 2.05) is 19.1 Å². The number of aliphatic hydroxyl groups excluding tert-OH is 1. The third kappa shape index (κ3) is 4.46. The lowest BCUT2D eigenvalue weighted by atomic mass is 9.98. The molecule has 1 aromatic rings. The zero-order valence-electron chi connectivity index (χ0n) is 10.9. The van der Waals surface area contributed by atoms with Crippen LogP contribution in [-0.2, 0) is 9.47 Å². The van der Waals surface area contributed by atoms with E-state index < -0.39 is 6.10 Å². The minimum absolute atomic E-state index is 0.447. The summed E-state index contributed by atoms with van der Waals surface area (Å²) in [5.41, 5.74) is 3.37. The molecule has 0 aliphatic rings. The fourth-order valence-electron chi connectivity index (χ4n) is 1.73. The summed E-state index contributed by atoms with van der Waals surface area (Å²) in [5, 5.41) is 10.1. The minimum Gasteiger partial charge on any atom is -0.388 e. The number of benzene rings is 1. The molecule has 0 aliphatic heterocycles. The third-order valence-corrected chi connectivity index (χ3v) is 2.97. The molecular formula is C14H22O3. The van der Waals surface area contributed by atoms with Gasteiger partial charge in [0.15, 0.2) is 0 Å². The Bertz CT molecular complexity index is 336. The van der Waals surface area contributed by atoms with Crippen molar-refractivity contribution in [3.05, 3.63) is 34.9 Å². The van der Waals surface area contributed by atoms with Gasteiger partial charge in [-0.05, 0) is 30.5 Å². The van der Waals surface area contributed by atoms with Gasteiger partial charge in [-0.2, -0.15) is 0 Å². The van der Waals surface area contributed by atoms with Crippen molar-refractivity contribution >= 4 is 0 Å². The van der Waals surface area contributed by atoms with Crippen LogP contribution in [0.5, 0.6) is 0 Å². The zero-order valence-corrected chi connectivity index (χ0v) is 10.9. The summed E-state index contributed by atoms with van der Waals surface area (Å²) in [6, 6.07) is 6.01. The van der Waals surface area contributed by atoms with Crippen molar-refractivity contribution in [2.75, 3.05) is 26.9 Å². The molecule has 0 aliphatic carbocycles. The highest BCUT2D eigenvalue weighted by Crippen LogP contribution is 2.22. The molecule has 96 valence electrons. The standard InChI is InChI=1S/C14H22O3/c1-11-5-4-6-13(12(11)2)14(15)7-8-17-10-9-16-3/h4-6,14-15H,7-10H2,1-3H3. The Hall–Kier alpha value is -0.900. The number of ether oxygens (including phenoxy) is 2. The van der Waals surface area contributed by atoms with E-state index >= 15 is 0 Å². The average Bonchev–Trinajstić information content (AvgIpc) is 2.32. The Morgan fingerprint density at radius 1 is 1.18 bits per heavy atom. The van der Waals surface area contributed by atoms with Gasteiger partial charge < -0.3 is 14.6 Å². The topological polar surface area (TPSA) is 38.7 Å². The van der Waals surface area contributed by atoms with Crippen LogP contribution < -0.4 is 0 Å². The molecule has 0 saturated heterocycles. The Labute approximate surface area is 103 Å². The van der Waals surface area contributed by atoms with Crippen LogP contribution in [0, 0.1) is 13.8 Å². The van der Waals surface area contributed by atoms with Crippen molar-refractivity contribution in [3.8, 4) is 0 Å². The van der Waals surface area contributed by atoms with Gasteiger partial charge >= 0.3 is 0 Å². The highest BCUT2D eigenvalue weighted by atomic mass is 16.5. The first-order valence-electron chi connectivity index (χ1n) is 5.97. The molecule has 0 saturated carbocycles. The highest BCUT2D eigenvalue weighted by Gasteiger charge is 2.10. The quantitative estimate of drug-likeness (QED) is 0.741. The van der Waals surface area contributed by atoms with Crippen LogP contribution in [0.15, 0.2) is 18.2 Å². The SMILES string of the molecule is COCCOCCC(O)c1cccc(C)c1C. The number of hydrogen-bond donors (Lipinski definition) is 1. The molecule has 0 aromatic heterocycles. The summed E-state index contributed by atoms with van der Waals surface area (Å²) in [7, 11) is 1.65. The Kier molecular flexibility index (Phi) is 6.19. The second-order valence-electron chi connectivity index (χ2n) is 4.20. The molecule has 0 bridgehead atoms. The fourth-order valence-corrected chi connectivity index (χ4v) is 1.73. The second kappa shape index (κ2) is 7.43. The van der Waals surface area contributed by atoms with Gasteiger partial charge in [0.05, 0.1) is 19.3 Å². The van der Waals surface area contributed by atoms with Crippen molar-refractivity contribution in [2.45, 2.75) is 26.4 Å². The Morgan fingerprint density at radius 3 is 2.65 bits per heavy atom. The van der Waals surface area contributed by atoms with Gasteiger partial charge in [0.2, 0.25) is 0 Å². The number of hydrogen-bond acceptors (Lipinski definition) is 3. The van der Waals surface area contributed by atoms with Gasteiger partial charge in [-0.3, -0.25) is 0 Å². The summed E-state index contributed by atoms with van der Waals surface area (Å²) in [6.45, 7) is 5.83. The van der Waals surface area contributed by atoms with Gasteiger partial charge in [0, 0.05) is 20.1 Å². The van der Waals surface area contributed by atoms with Crippen LogP contribution >= 0.6 is 0 Å². The van der Waals surface area contributed by atoms with Crippen LogP contribution in [0.3, 0.4) is 0 Å². The van der Waals surface area contributed by atoms with Gasteiger partial charge in [-0.25, -0.2) is 0 Å². The molecule has 0 fully saturated rings. The highest BCUT2D eigenvalue weighted by molar-refractivity contribution is 5.34. The average molecular weight is 238 g/mol. The summed E-state index contributed by atoms with van der Waals surface area (Å²) in [6.07, 6.45) is 0.172. The minimum atomic E-state index is -0.447. The van der Waals surface area contributed by atoms with E-state index in [9.17, 15) is 5.11 Å². The molecule has 3 nitrogen and oxygen atoms in total. The van der Waals surface area contributed by atoms with Gasteiger partial charge in [-0.15, -0.1) is 0 Å². The lowest BCUT2D eigenvalue weighted by Gasteiger charge is -2.15. The van der Waals surface area contributed by atoms with Gasteiger partial charge in [-0.1, -0.05) is 18.2 Å². The lowest BCUT2D eigenvalue weighted by Crippen LogP contribution is -2.08. The Morgan fingerprint density at radius 2 is 1.94 bits per heavy atom. The number of methoxy groups -OCH3 is 1. The van der Waals surface area contributed by atoms with E-state index in [4.69, 9.17) is 9.47 Å². The van der Waals surface area contributed by atoms with E-state index in [0.717, 1.165) is 11.1 Å². The molecule has 1 N–H and O–H groups in total. The first-order valence-corrected chi connectivity index (χ1v) is 5.97. The molecule has 3 heteroatoms. The lowest BCUT2D eigenvalue weighted by molar-refractivity contribution is 0.0474. The molecule has 17 heavy (non-hydrogen) atoms. The van der Waals surface area contributed by atoms with Crippen LogP contribution in [-0.4, -0.2) is 32.0 Å². The molecule has 1 rings (SSSR count). The molecule has 0 amide bonds. The molecule has 1 unspecified atom stereocenters. The normalized spacial score (nSPS) is 12.7. The van der Waals surface area contributed by atoms with Crippen molar-refractivity contribution in [1.82, 2.24) is 0 Å². The van der Waals surface area contributed by atoms with E-state index in [1.165, 1.54) is 5.56 Å². The monoisotopic (exact) mass is 238 g/mol. The number of rotatable bonds is 7. The summed E-state index contributed by atoms with van der Waals surface area (Å²) in [4.78, 5) is 0. The van der Waals surface area contributed by atoms with Gasteiger partial charge in [0.25, 0.3) is 0 Å². The predicted molar refractivity (Wildman–Crippen MR) is 68.2 cm³/mol. The maximum atomic E-state index is 10.1. The van der Waals surface area contributed by atoms with Crippen molar-refractivity contribution in [2.24, 2.45) is 0 Å². The molecule has 1 atom stereocenters. The summed E-state index contributed by atoms with van der Waals surface area (Å²) >= 11 is 0. The van der Waals surface area contributed by atoms with E-state index in [0.29, 0.717) is 26.2 Å². The smallest absolute Gasteiger partial charge is 0.0814 e. The van der Waals surface area contributed by atoms with Crippen LogP contribution in [0.2, 0.25) is 0 Å². The summed E-state index contributed by atoms with van der Waals surface area (Å²) < 4.78 is 10.2. The Balaban J connectivity index is 2.41. The predicted octanol–water partition coefficient (Wildman–Crippen LogP) is 2.39. The van der Waals surface area contributed by atoms with Crippen LogP contribution in [0.4, 0.5) is 0 Å². The molecule has 1 aromatic carbocycles. The molecule has 0 heterocycles. The van der Waals surface area contributed by atoms with Crippen molar-refractivity contribution in [3.63, 3.8) is 0 Å². The third-order valence-electron chi connectivity index (χ3n) is 2.97. The molecular weight excluding hydrogens is 216 g/mol. The van der Waals surface area contributed by atoms with Crippen molar-refractivity contribution in [1.29, 1.82) is 0 Å². The maximum absolute atomic E-state index is 10.1. The van der Waals surface area contributed by atoms with E-state index in [2.05, 4.69) is 13.0 Å².